The summed E-state index contributed by atoms with van der Waals surface area (Å²) in [5.74, 6) is -6.76. The molecule has 64 heavy (non-hydrogen) atoms. The van der Waals surface area contributed by atoms with E-state index in [0.717, 1.165) is 34.6 Å². The lowest BCUT2D eigenvalue weighted by Gasteiger charge is -2.30. The highest BCUT2D eigenvalue weighted by Gasteiger charge is 2.44. The van der Waals surface area contributed by atoms with E-state index in [0.29, 0.717) is 0 Å². The van der Waals surface area contributed by atoms with Gasteiger partial charge in [-0.15, -0.1) is 0 Å². The minimum absolute atomic E-state index is 0.00389. The molecule has 0 radical (unpaired) electrons. The number of H-pyrrole nitrogens is 2. The van der Waals surface area contributed by atoms with E-state index >= 15 is 13.6 Å². The van der Waals surface area contributed by atoms with Gasteiger partial charge in [0.25, 0.3) is 0 Å². The third kappa shape index (κ3) is 10.3. The number of ketones is 1. The summed E-state index contributed by atoms with van der Waals surface area (Å²) < 4.78 is 79.8. The van der Waals surface area contributed by atoms with Crippen molar-refractivity contribution in [3.8, 4) is 11.4 Å². The van der Waals surface area contributed by atoms with Gasteiger partial charge in [0.15, 0.2) is 7.20 Å². The summed E-state index contributed by atoms with van der Waals surface area (Å²) in [6.45, 7) is 8.62. The molecule has 346 valence electrons. The van der Waals surface area contributed by atoms with E-state index in [1.165, 1.54) is 24.8 Å². The zero-order chi connectivity index (χ0) is 50.1. The van der Waals surface area contributed by atoms with Crippen LogP contribution in [0.5, 0.6) is 0 Å². The molecule has 3 amide bonds. The highest BCUT2D eigenvalue weighted by Crippen LogP contribution is 2.44. The van der Waals surface area contributed by atoms with Crippen LogP contribution in [0.15, 0.2) is 36.4 Å². The van der Waals surface area contributed by atoms with Crippen LogP contribution in [0.25, 0.3) is 33.2 Å². The van der Waals surface area contributed by atoms with Gasteiger partial charge in [-0.05, 0) is 94.7 Å². The predicted octanol–water partition coefficient (Wildman–Crippen LogP) is 3.62. The molecule has 4 aromatic rings. The summed E-state index contributed by atoms with van der Waals surface area (Å²) >= 11 is 0. The van der Waals surface area contributed by atoms with E-state index in [-0.39, 0.29) is 95.6 Å². The molecule has 7 N–H and O–H groups in total. The van der Waals surface area contributed by atoms with Gasteiger partial charge in [-0.25, -0.2) is 8.78 Å². The van der Waals surface area contributed by atoms with Crippen LogP contribution >= 0.6 is 0 Å². The number of nitrogens with zero attached hydrogens (tertiary/aromatic N) is 1. The van der Waals surface area contributed by atoms with E-state index in [1.807, 2.05) is 0 Å². The first-order valence-electron chi connectivity index (χ1n) is 23.5. The number of Topliss-reactive ketones (excluding diaryl/α,β-unsaturated/α-hetero) is 1. The van der Waals surface area contributed by atoms with Gasteiger partial charge in [-0.2, -0.15) is 0 Å². The third-order valence-electron chi connectivity index (χ3n) is 12.1. The zero-order valence-corrected chi connectivity index (χ0v) is 37.3. The number of hydrogen-bond acceptors (Lipinski definition) is 11. The normalized spacial score (nSPS) is 23.3. The molecule has 16 nitrogen and oxygen atoms in total. The number of halogens is 2. The molecule has 0 bridgehead atoms. The Morgan fingerprint density at radius 2 is 1.47 bits per heavy atom. The lowest BCUT2D eigenvalue weighted by atomic mass is 9.80. The number of esters is 2. The van der Waals surface area contributed by atoms with Crippen LogP contribution in [-0.2, 0) is 44.7 Å². The van der Waals surface area contributed by atoms with Crippen molar-refractivity contribution in [3.05, 3.63) is 59.1 Å². The second-order valence-electron chi connectivity index (χ2n) is 16.5. The summed E-state index contributed by atoms with van der Waals surface area (Å²) in [7, 11) is 3.16. The first-order valence-corrected chi connectivity index (χ1v) is 21.6. The van der Waals surface area contributed by atoms with Gasteiger partial charge >= 0.3 is 11.9 Å². The minimum atomic E-state index is -2.25. The number of hydrogen-bond donors (Lipinski definition) is 7. The van der Waals surface area contributed by atoms with E-state index in [1.54, 1.807) is 41.8 Å². The molecule has 0 saturated carbocycles. The number of likely N-dealkylation sites (tertiary alicyclic amines) is 1. The molecule has 18 heteroatoms. The average Bonchev–Trinajstić information content (AvgIpc) is 4.00. The molecule has 9 unspecified atom stereocenters. The smallest absolute Gasteiger partial charge is 0.302 e. The molecule has 2 fully saturated rings. The molecule has 0 spiro atoms. The molecule has 2 aromatic heterocycles. The molecule has 4 heterocycles. The molecule has 2 aromatic carbocycles. The molecule has 2 saturated heterocycles. The molecule has 0 aliphatic carbocycles. The van der Waals surface area contributed by atoms with Crippen LogP contribution in [0.4, 0.5) is 8.78 Å². The molecule has 9 atom stereocenters. The Kier molecular flexibility index (Phi) is 13.5. The number of ether oxygens (including phenoxy) is 2. The zero-order valence-electron chi connectivity index (χ0n) is 41.3. The van der Waals surface area contributed by atoms with Crippen LogP contribution in [0.3, 0.4) is 0 Å². The number of likely N-dealkylation sites (N-methyl/N-ethyl adjacent to an activating group) is 2. The van der Waals surface area contributed by atoms with Gasteiger partial charge in [0.05, 0.1) is 43.3 Å². The van der Waals surface area contributed by atoms with Gasteiger partial charge in [0.1, 0.15) is 31.3 Å². The van der Waals surface area contributed by atoms with Crippen LogP contribution < -0.4 is 26.6 Å². The number of aromatic nitrogens is 2. The Morgan fingerprint density at radius 1 is 0.859 bits per heavy atom. The van der Waals surface area contributed by atoms with Gasteiger partial charge in [-0.3, -0.25) is 28.8 Å². The Morgan fingerprint density at radius 3 is 2.09 bits per heavy atom. The third-order valence-corrected chi connectivity index (χ3v) is 12.1. The monoisotopic (exact) mass is 894 g/mol. The van der Waals surface area contributed by atoms with Gasteiger partial charge in [-0.1, -0.05) is 13.8 Å². The van der Waals surface area contributed by atoms with Crippen LogP contribution in [0.1, 0.15) is 87.0 Å². The first kappa shape index (κ1) is 42.2. The minimum Gasteiger partial charge on any atom is -0.461 e. The Balaban J connectivity index is 1.63. The number of fused-ring (bicyclic) bond motifs is 2. The molecule has 2 aliphatic heterocycles. The Bertz CT molecular complexity index is 2610. The maximum Gasteiger partial charge on any atom is 0.302 e. The highest BCUT2D eigenvalue weighted by atomic mass is 19.1. The number of carbonyl (C=O) groups is 6. The fourth-order valence-corrected chi connectivity index (χ4v) is 8.62. The van der Waals surface area contributed by atoms with Crippen molar-refractivity contribution in [1.29, 1.82) is 0 Å². The van der Waals surface area contributed by atoms with Crippen molar-refractivity contribution < 1.29 is 52.6 Å². The van der Waals surface area contributed by atoms with Crippen LogP contribution in [-0.4, -0.2) is 126 Å². The van der Waals surface area contributed by atoms with Crippen LogP contribution in [0, 0.1) is 11.6 Å². The molecular weight excluding hydrogens is 831 g/mol. The summed E-state index contributed by atoms with van der Waals surface area (Å²) in [5, 5.41) is 12.3. The standard InChI is InChI=1S/C46H60F2N8O8/c1-9-34(54-44(60)22(3)49-7)43(59)40(38-19-29(20-51-38)63-24(5)57)39-32-14-12-27(48)16-37(32)53-42(39)41-33(31-13-11-26(47)15-36(31)52-41)18-28-17-30(64-25(6)58)21-56(28)46(62)35(10-2)55-45(61)23(4)50-8/h11-16,22-23,28-30,34-35,38,40,49-53H,9-10,17-21H2,1-8H3,(H,54,60)(H,55,61)/i13D,38D/hD2. The summed E-state index contributed by atoms with van der Waals surface area (Å²) in [5.41, 5.74) is 0.0965. The van der Waals surface area contributed by atoms with Crippen LogP contribution in [0.2, 0.25) is 2.82 Å². The topological polar surface area (TPSA) is 216 Å². The number of amides is 3. The number of carbonyl (C=O) groups excluding carboxylic acids is 6. The fourth-order valence-electron chi connectivity index (χ4n) is 8.62. The lowest BCUT2D eigenvalue weighted by Crippen LogP contribution is -2.53. The van der Waals surface area contributed by atoms with E-state index < -0.39 is 101 Å². The number of aromatic amines is 2. The van der Waals surface area contributed by atoms with Crippen molar-refractivity contribution in [3.63, 3.8) is 0 Å². The van der Waals surface area contributed by atoms with Gasteiger partial charge in [0, 0.05) is 68.5 Å². The number of rotatable bonds is 18. The maximum absolute atomic E-state index is 15.5. The number of benzene rings is 2. The Hall–Kier alpha value is -5.72. The van der Waals surface area contributed by atoms with Crippen molar-refractivity contribution in [2.45, 2.75) is 128 Å². The summed E-state index contributed by atoms with van der Waals surface area (Å²) in [6.07, 6.45) is -2.09. The van der Waals surface area contributed by atoms with E-state index in [4.69, 9.17) is 10.8 Å². The second kappa shape index (κ2) is 20.4. The summed E-state index contributed by atoms with van der Waals surface area (Å²) in [6, 6.07) is -1.43. The van der Waals surface area contributed by atoms with Crippen molar-refractivity contribution in [1.82, 2.24) is 41.4 Å². The van der Waals surface area contributed by atoms with Crippen molar-refractivity contribution in [2.24, 2.45) is 0 Å². The average molecular weight is 895 g/mol. The summed E-state index contributed by atoms with van der Waals surface area (Å²) in [4.78, 5) is 86.5. The van der Waals surface area contributed by atoms with Gasteiger partial charge < -0.3 is 50.9 Å². The molecular formula is C46H60F2N8O8. The molecule has 6 rings (SSSR count). The predicted molar refractivity (Wildman–Crippen MR) is 236 cm³/mol. The van der Waals surface area contributed by atoms with Crippen molar-refractivity contribution >= 4 is 57.2 Å². The first-order chi connectivity index (χ1) is 32.1. The van der Waals surface area contributed by atoms with E-state index in [9.17, 15) is 28.2 Å². The second-order valence-corrected chi connectivity index (χ2v) is 16.5. The van der Waals surface area contributed by atoms with E-state index in [2.05, 4.69) is 26.3 Å². The SMILES string of the molecule is [2H]c1cc(F)cc2c1c(CC1CC(OC(C)=O)CN1C(=O)C(CC)NC(=O)C(C)NC)c(-c1[nH]c3cc(F)ccc3c1C(C(=O)C(CC)NC(=O)C(C)NC)C1([2H])CC(OC(C)=O)CN1[2H])n2[2H]. The highest BCUT2D eigenvalue weighted by molar-refractivity contribution is 6.03. The Labute approximate surface area is 376 Å². The quantitative estimate of drug-likeness (QED) is 0.0717. The molecule has 2 aliphatic rings. The largest absolute Gasteiger partial charge is 0.461 e. The lowest BCUT2D eigenvalue weighted by molar-refractivity contribution is -0.147. The fraction of sp³-hybridized carbons (Fsp3) is 0.522. The maximum atomic E-state index is 15.5. The van der Waals surface area contributed by atoms with Crippen molar-refractivity contribution in [2.75, 3.05) is 27.2 Å². The van der Waals surface area contributed by atoms with Gasteiger partial charge in [0.2, 0.25) is 17.7 Å². The number of nitrogens with one attached hydrogen (secondary N) is 7.